The zero-order valence-electron chi connectivity index (χ0n) is 7.86. The van der Waals surface area contributed by atoms with Gasteiger partial charge in [-0.05, 0) is 23.7 Å². The highest BCUT2D eigenvalue weighted by atomic mass is 35.5. The number of hydrogen-bond donors (Lipinski definition) is 0. The zero-order chi connectivity index (χ0) is 12.5. The first kappa shape index (κ1) is 13.1. The molecule has 0 unspecified atom stereocenters. The molecule has 1 aromatic carbocycles. The average Bonchev–Trinajstić information content (AvgIpc) is 2.16. The average molecular weight is 273 g/mol. The van der Waals surface area contributed by atoms with Crippen molar-refractivity contribution in [2.75, 3.05) is 7.11 Å². The lowest BCUT2D eigenvalue weighted by atomic mass is 10.1. The molecule has 0 amide bonds. The molecule has 0 saturated heterocycles. The highest BCUT2D eigenvalue weighted by molar-refractivity contribution is 6.39. The third-order valence-corrected chi connectivity index (χ3v) is 2.25. The molecule has 2 nitrogen and oxygen atoms in total. The molecule has 1 rings (SSSR count). The largest absolute Gasteiger partial charge is 0.494 e. The molecule has 0 fully saturated rings. The predicted octanol–water partition coefficient (Wildman–Crippen LogP) is 3.50. The maximum atomic E-state index is 13.5. The van der Waals surface area contributed by atoms with Crippen molar-refractivity contribution in [1.82, 2.24) is 0 Å². The van der Waals surface area contributed by atoms with E-state index in [4.69, 9.17) is 11.6 Å². The molecule has 0 saturated carbocycles. The Morgan fingerprint density at radius 2 is 2.00 bits per heavy atom. The van der Waals surface area contributed by atoms with E-state index in [1.807, 2.05) is 0 Å². The molecule has 0 spiro atoms. The van der Waals surface area contributed by atoms with Gasteiger partial charge in [-0.15, -0.1) is 0 Å². The molecule has 0 bridgehead atoms. The van der Waals surface area contributed by atoms with Crippen molar-refractivity contribution < 1.29 is 22.7 Å². The van der Waals surface area contributed by atoms with Gasteiger partial charge in [0.25, 0.3) is 5.78 Å². The first-order chi connectivity index (χ1) is 7.29. The Morgan fingerprint density at radius 1 is 1.44 bits per heavy atom. The molecule has 0 radical (unpaired) electrons. The number of rotatable bonds is 3. The van der Waals surface area contributed by atoms with Crippen LogP contribution in [0.1, 0.15) is 10.4 Å². The summed E-state index contributed by atoms with van der Waals surface area (Å²) in [5.74, 6) is -3.54. The second-order valence-corrected chi connectivity index (χ2v) is 3.65. The van der Waals surface area contributed by atoms with Gasteiger partial charge in [-0.25, -0.2) is 4.39 Å². The number of methoxy groups -OCH3 is 1. The van der Waals surface area contributed by atoms with E-state index in [0.29, 0.717) is 0 Å². The van der Waals surface area contributed by atoms with Crippen molar-refractivity contribution in [1.29, 1.82) is 0 Å². The van der Waals surface area contributed by atoms with E-state index in [1.54, 1.807) is 0 Å². The molecule has 0 aliphatic rings. The third kappa shape index (κ3) is 2.41. The lowest BCUT2D eigenvalue weighted by Crippen LogP contribution is -2.23. The monoisotopic (exact) mass is 272 g/mol. The summed E-state index contributed by atoms with van der Waals surface area (Å²) in [6, 6.07) is 2.18. The van der Waals surface area contributed by atoms with Crippen LogP contribution in [0.3, 0.4) is 0 Å². The van der Waals surface area contributed by atoms with E-state index < -0.39 is 27.6 Å². The minimum Gasteiger partial charge on any atom is -0.494 e. The molecule has 16 heavy (non-hydrogen) atoms. The number of hydrogen-bond acceptors (Lipinski definition) is 2. The Hall–Kier alpha value is -0.940. The lowest BCUT2D eigenvalue weighted by Gasteiger charge is -2.11. The van der Waals surface area contributed by atoms with Crippen molar-refractivity contribution >= 4 is 29.0 Å². The maximum absolute atomic E-state index is 13.5. The number of halogens is 5. The van der Waals surface area contributed by atoms with Gasteiger partial charge in [-0.2, -0.15) is 8.78 Å². The highest BCUT2D eigenvalue weighted by Crippen LogP contribution is 2.33. The molecule has 0 aliphatic heterocycles. The Balaban J connectivity index is 3.38. The van der Waals surface area contributed by atoms with Crippen LogP contribution < -0.4 is 4.74 Å². The Bertz CT molecular complexity index is 429. The van der Waals surface area contributed by atoms with Crippen LogP contribution in [-0.4, -0.2) is 18.3 Å². The van der Waals surface area contributed by atoms with Crippen molar-refractivity contribution in [3.8, 4) is 5.75 Å². The zero-order valence-corrected chi connectivity index (χ0v) is 9.37. The summed E-state index contributed by atoms with van der Waals surface area (Å²) in [6.07, 6.45) is 0. The van der Waals surface area contributed by atoms with Crippen LogP contribution in [0.4, 0.5) is 13.2 Å². The molecule has 0 heterocycles. The molecular formula is C9H5Cl2F3O2. The van der Waals surface area contributed by atoms with Gasteiger partial charge in [0.1, 0.15) is 0 Å². The van der Waals surface area contributed by atoms with Crippen LogP contribution in [-0.2, 0) is 0 Å². The summed E-state index contributed by atoms with van der Waals surface area (Å²) >= 11 is 9.96. The molecule has 0 atom stereocenters. The standard InChI is InChI=1S/C9H5Cl2F3O2/c1-16-5-3-2-4(10)6(7(5)12)8(15)9(11,13)14/h2-3H,1H3. The quantitative estimate of drug-likeness (QED) is 0.622. The van der Waals surface area contributed by atoms with Crippen LogP contribution in [0.2, 0.25) is 5.02 Å². The minimum absolute atomic E-state index is 0.367. The number of ketones is 1. The van der Waals surface area contributed by atoms with Crippen molar-refractivity contribution in [3.05, 3.63) is 28.5 Å². The topological polar surface area (TPSA) is 26.3 Å². The van der Waals surface area contributed by atoms with Gasteiger partial charge >= 0.3 is 5.38 Å². The first-order valence-electron chi connectivity index (χ1n) is 3.92. The second-order valence-electron chi connectivity index (χ2n) is 2.77. The highest BCUT2D eigenvalue weighted by Gasteiger charge is 2.40. The first-order valence-corrected chi connectivity index (χ1v) is 4.68. The summed E-state index contributed by atoms with van der Waals surface area (Å²) in [4.78, 5) is 11.1. The van der Waals surface area contributed by atoms with Gasteiger partial charge in [0, 0.05) is 0 Å². The summed E-state index contributed by atoms with van der Waals surface area (Å²) < 4.78 is 43.1. The Kier molecular flexibility index (Phi) is 3.70. The third-order valence-electron chi connectivity index (χ3n) is 1.76. The Labute approximate surface area is 98.9 Å². The summed E-state index contributed by atoms with van der Waals surface area (Å²) in [5, 5.41) is -4.67. The van der Waals surface area contributed by atoms with Gasteiger partial charge in [0.05, 0.1) is 17.7 Å². The van der Waals surface area contributed by atoms with E-state index in [1.165, 1.54) is 0 Å². The molecular weight excluding hydrogens is 268 g/mol. The van der Waals surface area contributed by atoms with Gasteiger partial charge < -0.3 is 4.74 Å². The number of carbonyl (C=O) groups is 1. The lowest BCUT2D eigenvalue weighted by molar-refractivity contribution is 0.0531. The van der Waals surface area contributed by atoms with Crippen molar-refractivity contribution in [2.24, 2.45) is 0 Å². The minimum atomic E-state index is -4.21. The maximum Gasteiger partial charge on any atom is 0.385 e. The number of benzene rings is 1. The number of Topliss-reactive ketones (excluding diaryl/α,β-unsaturated/α-hetero) is 1. The van der Waals surface area contributed by atoms with Crippen LogP contribution in [0.15, 0.2) is 12.1 Å². The summed E-state index contributed by atoms with van der Waals surface area (Å²) in [6.45, 7) is 0. The van der Waals surface area contributed by atoms with E-state index >= 15 is 0 Å². The van der Waals surface area contributed by atoms with E-state index in [-0.39, 0.29) is 5.75 Å². The molecule has 0 aliphatic carbocycles. The van der Waals surface area contributed by atoms with Crippen molar-refractivity contribution in [3.63, 3.8) is 0 Å². The van der Waals surface area contributed by atoms with Crippen molar-refractivity contribution in [2.45, 2.75) is 5.38 Å². The summed E-state index contributed by atoms with van der Waals surface area (Å²) in [5.41, 5.74) is -0.985. The smallest absolute Gasteiger partial charge is 0.385 e. The normalized spacial score (nSPS) is 11.4. The van der Waals surface area contributed by atoms with Gasteiger partial charge in [0.15, 0.2) is 11.6 Å². The Morgan fingerprint density at radius 3 is 2.44 bits per heavy atom. The van der Waals surface area contributed by atoms with Crippen LogP contribution in [0, 0.1) is 5.82 Å². The van der Waals surface area contributed by atoms with Crippen LogP contribution >= 0.6 is 23.2 Å². The number of ether oxygens (including phenoxy) is 1. The molecule has 7 heteroatoms. The van der Waals surface area contributed by atoms with Gasteiger partial charge in [-0.1, -0.05) is 11.6 Å². The van der Waals surface area contributed by atoms with E-state index in [0.717, 1.165) is 19.2 Å². The number of alkyl halides is 3. The second kappa shape index (κ2) is 4.51. The van der Waals surface area contributed by atoms with Gasteiger partial charge in [-0.3, -0.25) is 4.79 Å². The fourth-order valence-electron chi connectivity index (χ4n) is 1.04. The fraction of sp³-hybridized carbons (Fsp3) is 0.222. The predicted molar refractivity (Wildman–Crippen MR) is 53.1 cm³/mol. The van der Waals surface area contributed by atoms with E-state index in [9.17, 15) is 18.0 Å². The number of carbonyl (C=O) groups excluding carboxylic acids is 1. The fourth-order valence-corrected chi connectivity index (χ4v) is 1.37. The molecule has 1 aromatic rings. The summed E-state index contributed by atoms with van der Waals surface area (Å²) in [7, 11) is 1.12. The van der Waals surface area contributed by atoms with E-state index in [2.05, 4.69) is 16.3 Å². The van der Waals surface area contributed by atoms with Crippen LogP contribution in [0.5, 0.6) is 5.75 Å². The molecule has 88 valence electrons. The molecule has 0 aromatic heterocycles. The SMILES string of the molecule is COc1ccc(Cl)c(C(=O)C(F)(F)Cl)c1F. The van der Waals surface area contributed by atoms with Crippen LogP contribution in [0.25, 0.3) is 0 Å². The molecule has 0 N–H and O–H groups in total. The van der Waals surface area contributed by atoms with Gasteiger partial charge in [0.2, 0.25) is 0 Å².